The first-order valence-electron chi connectivity index (χ1n) is 14.4. The molecular formula is C30H37FN8O4. The van der Waals surface area contributed by atoms with Gasteiger partial charge in [-0.05, 0) is 47.9 Å². The van der Waals surface area contributed by atoms with Crippen LogP contribution in [-0.4, -0.2) is 74.3 Å². The summed E-state index contributed by atoms with van der Waals surface area (Å²) < 4.78 is 13.4. The van der Waals surface area contributed by atoms with Gasteiger partial charge in [-0.1, -0.05) is 67.9 Å². The Morgan fingerprint density at radius 2 is 1.79 bits per heavy atom. The average Bonchev–Trinajstić information content (AvgIpc) is 3.69. The molecular weight excluding hydrogens is 555 g/mol. The summed E-state index contributed by atoms with van der Waals surface area (Å²) in [7, 11) is 0. The molecule has 4 N–H and O–H groups in total. The summed E-state index contributed by atoms with van der Waals surface area (Å²) in [4.78, 5) is 54.0. The maximum atomic E-state index is 13.4. The van der Waals surface area contributed by atoms with Crippen molar-refractivity contribution in [3.05, 3.63) is 77.4 Å². The van der Waals surface area contributed by atoms with Crippen molar-refractivity contribution in [3.63, 3.8) is 0 Å². The van der Waals surface area contributed by atoms with Gasteiger partial charge in [0.25, 0.3) is 0 Å². The van der Waals surface area contributed by atoms with Crippen LogP contribution in [0, 0.1) is 17.7 Å². The van der Waals surface area contributed by atoms with Crippen molar-refractivity contribution in [2.24, 2.45) is 11.8 Å². The molecule has 2 heterocycles. The summed E-state index contributed by atoms with van der Waals surface area (Å²) in [5.74, 6) is -1.84. The number of carbonyl (C=O) groups is 4. The second kappa shape index (κ2) is 15.0. The monoisotopic (exact) mass is 592 g/mol. The highest BCUT2D eigenvalue weighted by atomic mass is 19.1. The predicted molar refractivity (Wildman–Crippen MR) is 154 cm³/mol. The molecule has 2 unspecified atom stereocenters. The minimum Gasteiger partial charge on any atom is -0.347 e. The first-order valence-corrected chi connectivity index (χ1v) is 14.4. The lowest BCUT2D eigenvalue weighted by atomic mass is 9.96. The van der Waals surface area contributed by atoms with Gasteiger partial charge in [0.15, 0.2) is 5.82 Å². The van der Waals surface area contributed by atoms with Crippen molar-refractivity contribution in [2.75, 3.05) is 13.1 Å². The van der Waals surface area contributed by atoms with E-state index < -0.39 is 23.9 Å². The number of nitrogens with zero attached hydrogens (tertiary/aromatic N) is 4. The van der Waals surface area contributed by atoms with Gasteiger partial charge >= 0.3 is 0 Å². The van der Waals surface area contributed by atoms with Crippen LogP contribution in [0.5, 0.6) is 0 Å². The van der Waals surface area contributed by atoms with E-state index in [1.807, 2.05) is 44.2 Å². The number of rotatable bonds is 13. The number of hydrogen-bond donors (Lipinski definition) is 4. The van der Waals surface area contributed by atoms with Gasteiger partial charge in [0.1, 0.15) is 17.9 Å². The molecule has 4 atom stereocenters. The van der Waals surface area contributed by atoms with Crippen LogP contribution in [0.1, 0.15) is 43.6 Å². The second-order valence-electron chi connectivity index (χ2n) is 10.9. The molecule has 43 heavy (non-hydrogen) atoms. The molecule has 2 aromatic carbocycles. The third kappa shape index (κ3) is 8.90. The van der Waals surface area contributed by atoms with E-state index in [0.29, 0.717) is 25.1 Å². The molecule has 1 aromatic heterocycles. The van der Waals surface area contributed by atoms with E-state index >= 15 is 0 Å². The van der Waals surface area contributed by atoms with Crippen LogP contribution in [0.25, 0.3) is 0 Å². The Labute approximate surface area is 249 Å². The van der Waals surface area contributed by atoms with Crippen LogP contribution in [0.2, 0.25) is 0 Å². The van der Waals surface area contributed by atoms with Crippen molar-refractivity contribution >= 4 is 23.6 Å². The van der Waals surface area contributed by atoms with Crippen molar-refractivity contribution in [3.8, 4) is 0 Å². The molecule has 12 nitrogen and oxygen atoms in total. The predicted octanol–water partition coefficient (Wildman–Crippen LogP) is 1.30. The Morgan fingerprint density at radius 1 is 1.05 bits per heavy atom. The van der Waals surface area contributed by atoms with Crippen molar-refractivity contribution in [1.82, 2.24) is 41.5 Å². The van der Waals surface area contributed by atoms with Gasteiger partial charge in [-0.25, -0.2) is 4.39 Å². The van der Waals surface area contributed by atoms with Crippen LogP contribution >= 0.6 is 0 Å². The van der Waals surface area contributed by atoms with Crippen LogP contribution in [-0.2, 0) is 38.6 Å². The molecule has 0 bridgehead atoms. The number of hydrogen-bond acceptors (Lipinski definition) is 7. The summed E-state index contributed by atoms with van der Waals surface area (Å²) >= 11 is 0. The number of tetrazole rings is 1. The fraction of sp³-hybridized carbons (Fsp3) is 0.433. The van der Waals surface area contributed by atoms with Crippen molar-refractivity contribution < 1.29 is 23.6 Å². The molecule has 0 saturated carbocycles. The molecule has 1 fully saturated rings. The molecule has 0 spiro atoms. The minimum absolute atomic E-state index is 0.0342. The number of likely N-dealkylation sites (tertiary alicyclic amines) is 1. The maximum Gasteiger partial charge on any atom is 0.243 e. The lowest BCUT2D eigenvalue weighted by Crippen LogP contribution is -2.53. The molecule has 4 rings (SSSR count). The van der Waals surface area contributed by atoms with Gasteiger partial charge in [0.2, 0.25) is 23.6 Å². The first kappa shape index (κ1) is 31.3. The van der Waals surface area contributed by atoms with E-state index in [4.69, 9.17) is 0 Å². The molecule has 1 saturated heterocycles. The Bertz CT molecular complexity index is 1370. The van der Waals surface area contributed by atoms with Crippen LogP contribution < -0.4 is 16.0 Å². The topological polar surface area (TPSA) is 162 Å². The van der Waals surface area contributed by atoms with Gasteiger partial charge in [0.05, 0.1) is 19.5 Å². The zero-order valence-electron chi connectivity index (χ0n) is 24.3. The summed E-state index contributed by atoms with van der Waals surface area (Å²) in [5.41, 5.74) is 1.72. The molecule has 0 radical (unpaired) electrons. The number of aromatic nitrogens is 4. The standard InChI is InChI=1S/C30H37FN8O4/c1-3-19(2)28(34-26(40)15-20-7-5-4-6-8-20)30(43)33-17-27(41)39-18-22(13-21-9-11-23(31)12-10-21)14-24(39)29(42)32-16-25-35-37-38-36-25/h4-12,19,22,24,28H,3,13-18H2,1-2H3,(H,32,42)(H,33,43)(H,34,40)(H,35,36,37,38)/t19-,22?,24?,28-/m0/s1. The fourth-order valence-corrected chi connectivity index (χ4v) is 5.17. The SMILES string of the molecule is CC[C@H](C)[C@H](NC(=O)Cc1ccccc1)C(=O)NCC(=O)N1CC(Cc2ccc(F)cc2)CC1C(=O)NCc1nn[nH]n1. The van der Waals surface area contributed by atoms with Crippen LogP contribution in [0.15, 0.2) is 54.6 Å². The van der Waals surface area contributed by atoms with Gasteiger partial charge in [-0.15, -0.1) is 10.2 Å². The number of aromatic amines is 1. The summed E-state index contributed by atoms with van der Waals surface area (Å²) in [6.45, 7) is 3.77. The van der Waals surface area contributed by atoms with Gasteiger partial charge in [0, 0.05) is 6.54 Å². The lowest BCUT2D eigenvalue weighted by Gasteiger charge is -2.26. The van der Waals surface area contributed by atoms with E-state index in [2.05, 4.69) is 36.6 Å². The highest BCUT2D eigenvalue weighted by molar-refractivity contribution is 5.93. The quantitative estimate of drug-likeness (QED) is 0.233. The van der Waals surface area contributed by atoms with Crippen molar-refractivity contribution in [2.45, 2.75) is 58.2 Å². The molecule has 1 aliphatic rings. The van der Waals surface area contributed by atoms with Gasteiger partial charge in [-0.3, -0.25) is 19.2 Å². The van der Waals surface area contributed by atoms with Crippen molar-refractivity contribution in [1.29, 1.82) is 0 Å². The molecule has 4 amide bonds. The maximum absolute atomic E-state index is 13.4. The Balaban J connectivity index is 1.39. The van der Waals surface area contributed by atoms with Gasteiger partial charge in [-0.2, -0.15) is 5.21 Å². The van der Waals surface area contributed by atoms with E-state index in [-0.39, 0.29) is 55.5 Å². The van der Waals surface area contributed by atoms with Crippen LogP contribution in [0.3, 0.4) is 0 Å². The smallest absolute Gasteiger partial charge is 0.243 e. The van der Waals surface area contributed by atoms with E-state index in [1.165, 1.54) is 17.0 Å². The van der Waals surface area contributed by atoms with E-state index in [0.717, 1.165) is 11.1 Å². The molecule has 13 heteroatoms. The van der Waals surface area contributed by atoms with E-state index in [1.54, 1.807) is 12.1 Å². The average molecular weight is 593 g/mol. The number of nitrogens with one attached hydrogen (secondary N) is 4. The third-order valence-corrected chi connectivity index (χ3v) is 7.69. The molecule has 0 aliphatic carbocycles. The number of amides is 4. The largest absolute Gasteiger partial charge is 0.347 e. The highest BCUT2D eigenvalue weighted by Gasteiger charge is 2.39. The Hall–Kier alpha value is -4.68. The lowest BCUT2D eigenvalue weighted by molar-refractivity contribution is -0.139. The number of carbonyl (C=O) groups excluding carboxylic acids is 4. The highest BCUT2D eigenvalue weighted by Crippen LogP contribution is 2.27. The fourth-order valence-electron chi connectivity index (χ4n) is 5.17. The summed E-state index contributed by atoms with van der Waals surface area (Å²) in [6.07, 6.45) is 1.70. The summed E-state index contributed by atoms with van der Waals surface area (Å²) in [5, 5.41) is 21.7. The number of benzene rings is 2. The minimum atomic E-state index is -0.826. The number of H-pyrrole nitrogens is 1. The Kier molecular flexibility index (Phi) is 10.9. The molecule has 1 aliphatic heterocycles. The zero-order chi connectivity index (χ0) is 30.8. The van der Waals surface area contributed by atoms with Crippen LogP contribution in [0.4, 0.5) is 4.39 Å². The zero-order valence-corrected chi connectivity index (χ0v) is 24.3. The normalized spacial score (nSPS) is 17.6. The van der Waals surface area contributed by atoms with E-state index in [9.17, 15) is 23.6 Å². The molecule has 3 aromatic rings. The molecule has 228 valence electrons. The van der Waals surface area contributed by atoms with Gasteiger partial charge < -0.3 is 20.9 Å². The summed E-state index contributed by atoms with van der Waals surface area (Å²) in [6, 6.07) is 13.7. The second-order valence-corrected chi connectivity index (χ2v) is 10.9. The number of halogens is 1. The first-order chi connectivity index (χ1) is 20.7. The third-order valence-electron chi connectivity index (χ3n) is 7.69. The Morgan fingerprint density at radius 3 is 2.47 bits per heavy atom.